The van der Waals surface area contributed by atoms with Crippen molar-refractivity contribution in [2.45, 2.75) is 25.8 Å². The fourth-order valence-corrected chi connectivity index (χ4v) is 3.52. The van der Waals surface area contributed by atoms with E-state index in [-0.39, 0.29) is 11.8 Å². The van der Waals surface area contributed by atoms with Crippen molar-refractivity contribution in [3.63, 3.8) is 0 Å². The predicted molar refractivity (Wildman–Crippen MR) is 96.8 cm³/mol. The molecule has 3 aromatic rings. The highest BCUT2D eigenvalue weighted by Crippen LogP contribution is 2.47. The van der Waals surface area contributed by atoms with Crippen LogP contribution in [0.15, 0.2) is 54.6 Å². The van der Waals surface area contributed by atoms with E-state index in [1.165, 1.54) is 22.2 Å². The van der Waals surface area contributed by atoms with Crippen LogP contribution < -0.4 is 5.32 Å². The van der Waals surface area contributed by atoms with Gasteiger partial charge < -0.3 is 9.88 Å². The lowest BCUT2D eigenvalue weighted by Crippen LogP contribution is -2.24. The summed E-state index contributed by atoms with van der Waals surface area (Å²) >= 11 is 0. The molecule has 24 heavy (non-hydrogen) atoms. The summed E-state index contributed by atoms with van der Waals surface area (Å²) in [6.07, 6.45) is 0.965. The van der Waals surface area contributed by atoms with Gasteiger partial charge in [0.1, 0.15) is 0 Å². The van der Waals surface area contributed by atoms with Gasteiger partial charge in [-0.15, -0.1) is 0 Å². The molecule has 4 rings (SSSR count). The van der Waals surface area contributed by atoms with Crippen molar-refractivity contribution in [1.29, 1.82) is 0 Å². The van der Waals surface area contributed by atoms with Gasteiger partial charge in [0, 0.05) is 36.1 Å². The fraction of sp³-hybridized carbons (Fsp3) is 0.286. The predicted octanol–water partition coefficient (Wildman–Crippen LogP) is 3.91. The number of amides is 1. The summed E-state index contributed by atoms with van der Waals surface area (Å²) in [4.78, 5) is 12.4. The number of aromatic nitrogens is 1. The van der Waals surface area contributed by atoms with Crippen molar-refractivity contribution in [2.24, 2.45) is 13.0 Å². The smallest absolute Gasteiger partial charge is 0.224 e. The zero-order chi connectivity index (χ0) is 16.7. The first-order chi connectivity index (χ1) is 11.6. The lowest BCUT2D eigenvalue weighted by molar-refractivity contribution is -0.122. The molecule has 122 valence electrons. The van der Waals surface area contributed by atoms with Crippen LogP contribution in [0.25, 0.3) is 10.9 Å². The summed E-state index contributed by atoms with van der Waals surface area (Å²) in [5, 5.41) is 4.33. The Labute approximate surface area is 142 Å². The maximum atomic E-state index is 12.4. The average Bonchev–Trinajstić information content (AvgIpc) is 3.35. The Kier molecular flexibility index (Phi) is 3.64. The summed E-state index contributed by atoms with van der Waals surface area (Å²) in [6, 6.07) is 18.9. The molecule has 0 spiro atoms. The minimum atomic E-state index is 0.134. The normalized spacial score (nSPS) is 19.4. The molecule has 0 aliphatic heterocycles. The number of carbonyl (C=O) groups excluding carboxylic acids is 1. The van der Waals surface area contributed by atoms with Gasteiger partial charge in [0.25, 0.3) is 0 Å². The molecule has 0 saturated heterocycles. The summed E-state index contributed by atoms with van der Waals surface area (Å²) in [5.41, 5.74) is 4.90. The number of fused-ring (bicyclic) bond motifs is 1. The van der Waals surface area contributed by atoms with Gasteiger partial charge in [-0.05, 0) is 48.6 Å². The minimum Gasteiger partial charge on any atom is -0.352 e. The first-order valence-corrected chi connectivity index (χ1v) is 8.51. The van der Waals surface area contributed by atoms with Gasteiger partial charge in [0.05, 0.1) is 0 Å². The van der Waals surface area contributed by atoms with Gasteiger partial charge in [0.15, 0.2) is 0 Å². The van der Waals surface area contributed by atoms with Gasteiger partial charge in [0.2, 0.25) is 5.91 Å². The van der Waals surface area contributed by atoms with E-state index < -0.39 is 0 Å². The molecule has 2 unspecified atom stereocenters. The van der Waals surface area contributed by atoms with Crippen molar-refractivity contribution < 1.29 is 4.79 Å². The quantitative estimate of drug-likeness (QED) is 0.777. The molecule has 2 aromatic carbocycles. The molecule has 1 N–H and O–H groups in total. The van der Waals surface area contributed by atoms with Crippen LogP contribution in [-0.4, -0.2) is 10.5 Å². The monoisotopic (exact) mass is 318 g/mol. The lowest BCUT2D eigenvalue weighted by atomic mass is 10.1. The Morgan fingerprint density at radius 2 is 1.96 bits per heavy atom. The second-order valence-corrected chi connectivity index (χ2v) is 6.82. The van der Waals surface area contributed by atoms with E-state index in [0.717, 1.165) is 12.0 Å². The zero-order valence-electron chi connectivity index (χ0n) is 14.1. The van der Waals surface area contributed by atoms with E-state index in [9.17, 15) is 4.79 Å². The van der Waals surface area contributed by atoms with Crippen LogP contribution in [-0.2, 0) is 18.4 Å². The minimum absolute atomic E-state index is 0.134. The number of carbonyl (C=O) groups is 1. The number of benzene rings is 2. The lowest BCUT2D eigenvalue weighted by Gasteiger charge is -2.06. The topological polar surface area (TPSA) is 34.0 Å². The molecule has 3 heteroatoms. The van der Waals surface area contributed by atoms with Gasteiger partial charge >= 0.3 is 0 Å². The Morgan fingerprint density at radius 1 is 1.17 bits per heavy atom. The third-order valence-electron chi connectivity index (χ3n) is 5.17. The molecule has 0 radical (unpaired) electrons. The second kappa shape index (κ2) is 5.82. The fourth-order valence-electron chi connectivity index (χ4n) is 3.52. The SMILES string of the molecule is Cc1cc2cc(CNC(=O)C3CC3c3ccccc3)ccc2n1C. The third-order valence-corrected chi connectivity index (χ3v) is 5.17. The zero-order valence-corrected chi connectivity index (χ0v) is 14.1. The highest BCUT2D eigenvalue weighted by molar-refractivity contribution is 5.84. The summed E-state index contributed by atoms with van der Waals surface area (Å²) in [6.45, 7) is 2.71. The number of nitrogens with zero attached hydrogens (tertiary/aromatic N) is 1. The standard InChI is InChI=1S/C21H22N2O/c1-14-10-17-11-15(8-9-20(17)23(14)2)13-22-21(24)19-12-18(19)16-6-4-3-5-7-16/h3-11,18-19H,12-13H2,1-2H3,(H,22,24). The first-order valence-electron chi connectivity index (χ1n) is 8.51. The van der Waals surface area contributed by atoms with Gasteiger partial charge in [-0.3, -0.25) is 4.79 Å². The molecule has 3 nitrogen and oxygen atoms in total. The summed E-state index contributed by atoms with van der Waals surface area (Å²) in [5.74, 6) is 0.703. The number of hydrogen-bond acceptors (Lipinski definition) is 1. The molecule has 1 fully saturated rings. The van der Waals surface area contributed by atoms with Crippen LogP contribution in [0.2, 0.25) is 0 Å². The van der Waals surface area contributed by atoms with Gasteiger partial charge in [-0.2, -0.15) is 0 Å². The molecule has 1 heterocycles. The highest BCUT2D eigenvalue weighted by Gasteiger charge is 2.43. The van der Waals surface area contributed by atoms with Crippen molar-refractivity contribution in [3.8, 4) is 0 Å². The van der Waals surface area contributed by atoms with Gasteiger partial charge in [-0.1, -0.05) is 36.4 Å². The Hall–Kier alpha value is -2.55. The average molecular weight is 318 g/mol. The van der Waals surface area contributed by atoms with Crippen molar-refractivity contribution in [2.75, 3.05) is 0 Å². The number of aryl methyl sites for hydroxylation is 2. The molecular formula is C21H22N2O. The summed E-state index contributed by atoms with van der Waals surface area (Å²) in [7, 11) is 2.08. The van der Waals surface area contributed by atoms with Crippen LogP contribution in [0.5, 0.6) is 0 Å². The first kappa shape index (κ1) is 15.0. The number of hydrogen-bond donors (Lipinski definition) is 1. The van der Waals surface area contributed by atoms with E-state index >= 15 is 0 Å². The largest absolute Gasteiger partial charge is 0.352 e. The number of rotatable bonds is 4. The molecule has 2 atom stereocenters. The Morgan fingerprint density at radius 3 is 2.75 bits per heavy atom. The molecule has 1 saturated carbocycles. The second-order valence-electron chi connectivity index (χ2n) is 6.82. The summed E-state index contributed by atoms with van der Waals surface area (Å²) < 4.78 is 2.19. The van der Waals surface area contributed by atoms with Crippen LogP contribution in [0.1, 0.15) is 29.2 Å². The van der Waals surface area contributed by atoms with Crippen LogP contribution in [0.3, 0.4) is 0 Å². The van der Waals surface area contributed by atoms with Crippen molar-refractivity contribution >= 4 is 16.8 Å². The van der Waals surface area contributed by atoms with Crippen molar-refractivity contribution in [3.05, 3.63) is 71.4 Å². The molecule has 0 bridgehead atoms. The maximum Gasteiger partial charge on any atom is 0.224 e. The van der Waals surface area contributed by atoms with Crippen LogP contribution in [0, 0.1) is 12.8 Å². The van der Waals surface area contributed by atoms with Gasteiger partial charge in [-0.25, -0.2) is 0 Å². The van der Waals surface area contributed by atoms with E-state index in [4.69, 9.17) is 0 Å². The molecule has 1 aromatic heterocycles. The number of nitrogens with one attached hydrogen (secondary N) is 1. The van der Waals surface area contributed by atoms with Crippen LogP contribution >= 0.6 is 0 Å². The molecule has 1 amide bonds. The van der Waals surface area contributed by atoms with E-state index in [1.807, 2.05) is 18.2 Å². The third kappa shape index (κ3) is 2.71. The molecule has 1 aliphatic rings. The van der Waals surface area contributed by atoms with Crippen LogP contribution in [0.4, 0.5) is 0 Å². The maximum absolute atomic E-state index is 12.4. The Balaban J connectivity index is 1.40. The van der Waals surface area contributed by atoms with Crippen molar-refractivity contribution in [1.82, 2.24) is 9.88 Å². The Bertz CT molecular complexity index is 895. The van der Waals surface area contributed by atoms with E-state index in [1.54, 1.807) is 0 Å². The highest BCUT2D eigenvalue weighted by atomic mass is 16.2. The molecular weight excluding hydrogens is 296 g/mol. The van der Waals surface area contributed by atoms with E-state index in [0.29, 0.717) is 12.5 Å². The molecule has 1 aliphatic carbocycles. The van der Waals surface area contributed by atoms with E-state index in [2.05, 4.69) is 60.3 Å².